The topological polar surface area (TPSA) is 79.5 Å². The fourth-order valence-electron chi connectivity index (χ4n) is 2.20. The van der Waals surface area contributed by atoms with E-state index in [1.54, 1.807) is 55.6 Å². The zero-order chi connectivity index (χ0) is 19.6. The molecule has 2 rings (SSSR count). The van der Waals surface area contributed by atoms with Crippen LogP contribution in [0, 0.1) is 0 Å². The van der Waals surface area contributed by atoms with E-state index in [2.05, 4.69) is 16.0 Å². The van der Waals surface area contributed by atoms with E-state index < -0.39 is 5.91 Å². The van der Waals surface area contributed by atoms with Crippen molar-refractivity contribution in [3.63, 3.8) is 0 Å². The van der Waals surface area contributed by atoms with Crippen molar-refractivity contribution in [2.24, 2.45) is 0 Å². The number of hydrogen-bond donors (Lipinski definition) is 3. The summed E-state index contributed by atoms with van der Waals surface area (Å²) < 4.78 is 4.94. The molecule has 0 aliphatic carbocycles. The molecule has 2 aromatic carbocycles. The molecular weight excluding hydrogens is 386 g/mol. The second kappa shape index (κ2) is 10.6. The Balaban J connectivity index is 1.86. The van der Waals surface area contributed by atoms with E-state index in [1.807, 2.05) is 0 Å². The molecule has 27 heavy (non-hydrogen) atoms. The number of anilines is 1. The Morgan fingerprint density at radius 2 is 1.78 bits per heavy atom. The van der Waals surface area contributed by atoms with Gasteiger partial charge in [0.2, 0.25) is 0 Å². The lowest BCUT2D eigenvalue weighted by atomic mass is 10.2. The molecule has 6 nitrogen and oxygen atoms in total. The molecule has 0 aliphatic heterocycles. The van der Waals surface area contributed by atoms with Crippen LogP contribution in [0.3, 0.4) is 0 Å². The summed E-state index contributed by atoms with van der Waals surface area (Å²) >= 11 is 11.1. The van der Waals surface area contributed by atoms with E-state index in [4.69, 9.17) is 28.6 Å². The van der Waals surface area contributed by atoms with Crippen molar-refractivity contribution in [1.29, 1.82) is 0 Å². The van der Waals surface area contributed by atoms with Gasteiger partial charge in [0.25, 0.3) is 11.8 Å². The third-order valence-electron chi connectivity index (χ3n) is 3.56. The van der Waals surface area contributed by atoms with Crippen LogP contribution < -0.4 is 16.0 Å². The van der Waals surface area contributed by atoms with Crippen LogP contribution >= 0.6 is 23.8 Å². The SMILES string of the molecule is COCCCNC(=O)c1ccc(NC(=S)NC(=O)c2ccccc2Cl)cc1. The number of amides is 2. The maximum Gasteiger partial charge on any atom is 0.258 e. The van der Waals surface area contributed by atoms with Crippen LogP contribution in [0.25, 0.3) is 0 Å². The summed E-state index contributed by atoms with van der Waals surface area (Å²) in [6, 6.07) is 13.5. The van der Waals surface area contributed by atoms with E-state index in [9.17, 15) is 9.59 Å². The van der Waals surface area contributed by atoms with E-state index >= 15 is 0 Å². The van der Waals surface area contributed by atoms with Crippen molar-refractivity contribution in [2.75, 3.05) is 25.6 Å². The maximum absolute atomic E-state index is 12.2. The van der Waals surface area contributed by atoms with Crippen LogP contribution in [0.4, 0.5) is 5.69 Å². The lowest BCUT2D eigenvalue weighted by Crippen LogP contribution is -2.34. The second-order valence-corrected chi connectivity index (χ2v) is 6.38. The highest BCUT2D eigenvalue weighted by atomic mass is 35.5. The predicted octanol–water partition coefficient (Wildman–Crippen LogP) is 3.23. The van der Waals surface area contributed by atoms with Gasteiger partial charge in [-0.1, -0.05) is 23.7 Å². The Kier molecular flexibility index (Phi) is 8.19. The molecule has 0 saturated carbocycles. The number of nitrogens with one attached hydrogen (secondary N) is 3. The number of halogens is 1. The number of methoxy groups -OCH3 is 1. The second-order valence-electron chi connectivity index (χ2n) is 5.57. The highest BCUT2D eigenvalue weighted by Crippen LogP contribution is 2.15. The standard InChI is InChI=1S/C19H20ClN3O3S/c1-26-12-4-11-21-17(24)13-7-9-14(10-8-13)22-19(27)23-18(25)15-5-2-3-6-16(15)20/h2-3,5-10H,4,11-12H2,1H3,(H,21,24)(H2,22,23,25,27). The normalized spacial score (nSPS) is 10.1. The van der Waals surface area contributed by atoms with Crippen molar-refractivity contribution in [1.82, 2.24) is 10.6 Å². The maximum atomic E-state index is 12.2. The average molecular weight is 406 g/mol. The smallest absolute Gasteiger partial charge is 0.258 e. The molecule has 142 valence electrons. The molecule has 8 heteroatoms. The van der Waals surface area contributed by atoms with Crippen LogP contribution in [0.5, 0.6) is 0 Å². The van der Waals surface area contributed by atoms with Crippen molar-refractivity contribution >= 4 is 46.4 Å². The Bertz CT molecular complexity index is 812. The van der Waals surface area contributed by atoms with E-state index in [-0.39, 0.29) is 11.0 Å². The molecule has 2 aromatic rings. The molecule has 0 fully saturated rings. The van der Waals surface area contributed by atoms with Gasteiger partial charge in [0.1, 0.15) is 0 Å². The highest BCUT2D eigenvalue weighted by molar-refractivity contribution is 7.80. The van der Waals surface area contributed by atoms with Gasteiger partial charge in [0.15, 0.2) is 5.11 Å². The molecule has 0 unspecified atom stereocenters. The number of benzene rings is 2. The zero-order valence-corrected chi connectivity index (χ0v) is 16.3. The molecule has 0 heterocycles. The van der Waals surface area contributed by atoms with Gasteiger partial charge in [0.05, 0.1) is 10.6 Å². The average Bonchev–Trinajstić information content (AvgIpc) is 2.66. The first-order chi connectivity index (χ1) is 13.0. The Labute approximate surface area is 168 Å². The van der Waals surface area contributed by atoms with Crippen LogP contribution in [0.15, 0.2) is 48.5 Å². The van der Waals surface area contributed by atoms with Gasteiger partial charge in [-0.3, -0.25) is 14.9 Å². The summed E-state index contributed by atoms with van der Waals surface area (Å²) in [5.41, 5.74) is 1.52. The third-order valence-corrected chi connectivity index (χ3v) is 4.10. The molecule has 0 bridgehead atoms. The van der Waals surface area contributed by atoms with Crippen molar-refractivity contribution in [2.45, 2.75) is 6.42 Å². The summed E-state index contributed by atoms with van der Waals surface area (Å²) in [7, 11) is 1.62. The number of rotatable bonds is 7. The lowest BCUT2D eigenvalue weighted by Gasteiger charge is -2.11. The molecule has 0 saturated heterocycles. The van der Waals surface area contributed by atoms with Crippen molar-refractivity contribution < 1.29 is 14.3 Å². The number of hydrogen-bond acceptors (Lipinski definition) is 4. The minimum absolute atomic E-state index is 0.136. The number of carbonyl (C=O) groups is 2. The summed E-state index contributed by atoms with van der Waals surface area (Å²) in [4.78, 5) is 24.2. The van der Waals surface area contributed by atoms with Gasteiger partial charge in [-0.15, -0.1) is 0 Å². The minimum Gasteiger partial charge on any atom is -0.385 e. The summed E-state index contributed by atoms with van der Waals surface area (Å²) in [5, 5.41) is 8.76. The van der Waals surface area contributed by atoms with Gasteiger partial charge in [-0.25, -0.2) is 0 Å². The molecule has 0 aliphatic rings. The summed E-state index contributed by atoms with van der Waals surface area (Å²) in [5.74, 6) is -0.558. The zero-order valence-electron chi connectivity index (χ0n) is 14.8. The molecule has 2 amide bonds. The number of carbonyl (C=O) groups excluding carboxylic acids is 2. The van der Waals surface area contributed by atoms with Gasteiger partial charge in [-0.05, 0) is 55.0 Å². The Hall–Kier alpha value is -2.48. The minimum atomic E-state index is -0.398. The Morgan fingerprint density at radius 3 is 2.44 bits per heavy atom. The largest absolute Gasteiger partial charge is 0.385 e. The first-order valence-electron chi connectivity index (χ1n) is 8.25. The first kappa shape index (κ1) is 20.8. The van der Waals surface area contributed by atoms with Crippen molar-refractivity contribution in [3.05, 3.63) is 64.7 Å². The van der Waals surface area contributed by atoms with E-state index in [1.165, 1.54) is 0 Å². The Morgan fingerprint density at radius 1 is 1.07 bits per heavy atom. The van der Waals surface area contributed by atoms with Crippen molar-refractivity contribution in [3.8, 4) is 0 Å². The fourth-order valence-corrected chi connectivity index (χ4v) is 2.64. The highest BCUT2D eigenvalue weighted by Gasteiger charge is 2.11. The molecule has 0 aromatic heterocycles. The van der Waals surface area contributed by atoms with Crippen LogP contribution in [-0.4, -0.2) is 37.2 Å². The molecule has 0 radical (unpaired) electrons. The van der Waals surface area contributed by atoms with Gasteiger partial charge in [-0.2, -0.15) is 0 Å². The predicted molar refractivity (Wildman–Crippen MR) is 110 cm³/mol. The van der Waals surface area contributed by atoms with Gasteiger partial charge >= 0.3 is 0 Å². The fraction of sp³-hybridized carbons (Fsp3) is 0.211. The molecule has 0 spiro atoms. The number of thiocarbonyl (C=S) groups is 1. The molecular formula is C19H20ClN3O3S. The molecule has 0 atom stereocenters. The monoisotopic (exact) mass is 405 g/mol. The van der Waals surface area contributed by atoms with Crippen LogP contribution in [-0.2, 0) is 4.74 Å². The van der Waals surface area contributed by atoms with Gasteiger partial charge < -0.3 is 15.4 Å². The molecule has 3 N–H and O–H groups in total. The number of ether oxygens (including phenoxy) is 1. The first-order valence-corrected chi connectivity index (χ1v) is 9.04. The summed E-state index contributed by atoms with van der Waals surface area (Å²) in [6.45, 7) is 1.14. The van der Waals surface area contributed by atoms with E-state index in [0.29, 0.717) is 35.0 Å². The van der Waals surface area contributed by atoms with Crippen LogP contribution in [0.2, 0.25) is 5.02 Å². The quantitative estimate of drug-likeness (QED) is 0.487. The van der Waals surface area contributed by atoms with E-state index in [0.717, 1.165) is 6.42 Å². The summed E-state index contributed by atoms with van der Waals surface area (Å²) in [6.07, 6.45) is 0.751. The third kappa shape index (κ3) is 6.63. The lowest BCUT2D eigenvalue weighted by molar-refractivity contribution is 0.0946. The van der Waals surface area contributed by atoms with Gasteiger partial charge in [0, 0.05) is 31.5 Å². The van der Waals surface area contributed by atoms with Crippen LogP contribution in [0.1, 0.15) is 27.1 Å².